The predicted octanol–water partition coefficient (Wildman–Crippen LogP) is 4.31. The molecule has 0 bridgehead atoms. The lowest BCUT2D eigenvalue weighted by atomic mass is 9.99. The molecule has 10 heteroatoms. The number of hydrogen-bond acceptors (Lipinski definition) is 4. The molecule has 0 saturated carbocycles. The Labute approximate surface area is 186 Å². The molecular formula is C23H23F3N4O3. The number of H-pyrrole nitrogens is 1. The standard InChI is InChI=1S/C23H23F3N4O3/c1-29-13-17(16-4-7-27-20(16)22(29)31)15-2-3-18-19(12-15)30(8-11-33-23(24,25)26)21(28-18)14-5-9-32-10-6-14/h2-4,7,12-14,27H,5-6,8-11H2,1H3. The van der Waals surface area contributed by atoms with Gasteiger partial charge in [-0.05, 0) is 36.6 Å². The summed E-state index contributed by atoms with van der Waals surface area (Å²) < 4.78 is 50.8. The number of fused-ring (bicyclic) bond motifs is 2. The highest BCUT2D eigenvalue weighted by Gasteiger charge is 2.29. The second-order valence-electron chi connectivity index (χ2n) is 8.23. The molecule has 1 aromatic carbocycles. The van der Waals surface area contributed by atoms with Gasteiger partial charge in [-0.1, -0.05) is 6.07 Å². The number of halogens is 3. The highest BCUT2D eigenvalue weighted by atomic mass is 19.4. The Morgan fingerprint density at radius 3 is 2.79 bits per heavy atom. The van der Waals surface area contributed by atoms with E-state index in [2.05, 4.69) is 9.72 Å². The molecule has 0 aliphatic carbocycles. The van der Waals surface area contributed by atoms with E-state index in [1.165, 1.54) is 4.57 Å². The summed E-state index contributed by atoms with van der Waals surface area (Å²) in [6.07, 6.45) is 0.333. The number of hydrogen-bond donors (Lipinski definition) is 1. The molecule has 3 aromatic heterocycles. The number of imidazole rings is 1. The SMILES string of the molecule is Cn1cc(-c2ccc3nc(C4CCOCC4)n(CCOC(F)(F)F)c3c2)c2cc[nH]c2c1=O. The summed E-state index contributed by atoms with van der Waals surface area (Å²) in [5, 5.41) is 0.786. The first-order chi connectivity index (χ1) is 15.8. The minimum atomic E-state index is -4.69. The quantitative estimate of drug-likeness (QED) is 0.482. The average molecular weight is 460 g/mol. The molecule has 0 spiro atoms. The molecule has 1 aliphatic rings. The number of nitrogens with one attached hydrogen (secondary N) is 1. The molecule has 1 fully saturated rings. The van der Waals surface area contributed by atoms with Gasteiger partial charge in [-0.3, -0.25) is 9.53 Å². The van der Waals surface area contributed by atoms with E-state index in [4.69, 9.17) is 9.72 Å². The van der Waals surface area contributed by atoms with Crippen molar-refractivity contribution < 1.29 is 22.6 Å². The summed E-state index contributed by atoms with van der Waals surface area (Å²) in [7, 11) is 1.69. The first-order valence-corrected chi connectivity index (χ1v) is 10.8. The van der Waals surface area contributed by atoms with Crippen LogP contribution in [0.1, 0.15) is 24.6 Å². The van der Waals surface area contributed by atoms with Crippen LogP contribution in [0.4, 0.5) is 13.2 Å². The molecule has 1 aliphatic heterocycles. The van der Waals surface area contributed by atoms with Crippen molar-refractivity contribution in [3.8, 4) is 11.1 Å². The van der Waals surface area contributed by atoms with Crippen LogP contribution in [0.15, 0.2) is 41.5 Å². The van der Waals surface area contributed by atoms with E-state index < -0.39 is 13.0 Å². The van der Waals surface area contributed by atoms with Crippen molar-refractivity contribution in [3.05, 3.63) is 52.8 Å². The van der Waals surface area contributed by atoms with Crippen LogP contribution in [0.25, 0.3) is 33.1 Å². The molecule has 4 aromatic rings. The topological polar surface area (TPSA) is 74.1 Å². The normalized spacial score (nSPS) is 15.6. The highest BCUT2D eigenvalue weighted by molar-refractivity contribution is 5.96. The zero-order valence-corrected chi connectivity index (χ0v) is 18.0. The fourth-order valence-electron chi connectivity index (χ4n) is 4.56. The number of aromatic nitrogens is 4. The maximum absolute atomic E-state index is 12.6. The van der Waals surface area contributed by atoms with Crippen molar-refractivity contribution in [2.45, 2.75) is 31.7 Å². The van der Waals surface area contributed by atoms with Crippen molar-refractivity contribution in [1.82, 2.24) is 19.1 Å². The van der Waals surface area contributed by atoms with Crippen LogP contribution >= 0.6 is 0 Å². The molecule has 1 N–H and O–H groups in total. The van der Waals surface area contributed by atoms with Gasteiger partial charge in [0, 0.05) is 56.1 Å². The number of rotatable bonds is 5. The van der Waals surface area contributed by atoms with Gasteiger partial charge >= 0.3 is 6.36 Å². The number of alkyl halides is 3. The minimum absolute atomic E-state index is 0.0268. The minimum Gasteiger partial charge on any atom is -0.381 e. The Hall–Kier alpha value is -3.11. The maximum atomic E-state index is 12.6. The van der Waals surface area contributed by atoms with Crippen LogP contribution in [0.3, 0.4) is 0 Å². The Bertz CT molecular complexity index is 1360. The lowest BCUT2D eigenvalue weighted by Gasteiger charge is -2.23. The van der Waals surface area contributed by atoms with Gasteiger partial charge in [-0.15, -0.1) is 13.2 Å². The van der Waals surface area contributed by atoms with E-state index in [1.807, 2.05) is 28.8 Å². The second kappa shape index (κ2) is 8.35. The van der Waals surface area contributed by atoms with E-state index in [1.54, 1.807) is 19.4 Å². The monoisotopic (exact) mass is 460 g/mol. The summed E-state index contributed by atoms with van der Waals surface area (Å²) in [5.41, 5.74) is 3.52. The van der Waals surface area contributed by atoms with Gasteiger partial charge in [-0.2, -0.15) is 0 Å². The Morgan fingerprint density at radius 1 is 1.24 bits per heavy atom. The predicted molar refractivity (Wildman–Crippen MR) is 117 cm³/mol. The van der Waals surface area contributed by atoms with Crippen LogP contribution in [0.2, 0.25) is 0 Å². The molecule has 1 saturated heterocycles. The number of pyridine rings is 1. The number of ether oxygens (including phenoxy) is 2. The largest absolute Gasteiger partial charge is 0.522 e. The van der Waals surface area contributed by atoms with Gasteiger partial charge in [0.25, 0.3) is 5.56 Å². The zero-order valence-electron chi connectivity index (χ0n) is 18.0. The molecule has 7 nitrogen and oxygen atoms in total. The van der Waals surface area contributed by atoms with E-state index in [-0.39, 0.29) is 18.0 Å². The molecule has 4 heterocycles. The molecule has 0 amide bonds. The summed E-state index contributed by atoms with van der Waals surface area (Å²) >= 11 is 0. The lowest BCUT2D eigenvalue weighted by molar-refractivity contribution is -0.325. The van der Waals surface area contributed by atoms with Crippen LogP contribution in [-0.2, 0) is 23.1 Å². The molecule has 0 unspecified atom stereocenters. The molecule has 174 valence electrons. The molecule has 0 radical (unpaired) electrons. The van der Waals surface area contributed by atoms with Crippen LogP contribution in [0, 0.1) is 0 Å². The van der Waals surface area contributed by atoms with Gasteiger partial charge in [0.05, 0.1) is 17.6 Å². The van der Waals surface area contributed by atoms with Crippen LogP contribution < -0.4 is 5.56 Å². The van der Waals surface area contributed by atoms with Crippen molar-refractivity contribution in [1.29, 1.82) is 0 Å². The molecule has 0 atom stereocenters. The Kier molecular flexibility index (Phi) is 5.49. The van der Waals surface area contributed by atoms with Gasteiger partial charge in [-0.25, -0.2) is 4.98 Å². The smallest absolute Gasteiger partial charge is 0.381 e. The Morgan fingerprint density at radius 2 is 2.03 bits per heavy atom. The van der Waals surface area contributed by atoms with Gasteiger partial charge in [0.15, 0.2) is 0 Å². The number of nitrogens with zero attached hydrogens (tertiary/aromatic N) is 3. The number of benzene rings is 1. The fraction of sp³-hybridized carbons (Fsp3) is 0.391. The van der Waals surface area contributed by atoms with Crippen LogP contribution in [-0.4, -0.2) is 45.3 Å². The fourth-order valence-corrected chi connectivity index (χ4v) is 4.56. The average Bonchev–Trinajstić information content (AvgIpc) is 3.41. The van der Waals surface area contributed by atoms with Crippen LogP contribution in [0.5, 0.6) is 0 Å². The Balaban J connectivity index is 1.62. The van der Waals surface area contributed by atoms with E-state index in [0.29, 0.717) is 24.2 Å². The first-order valence-electron chi connectivity index (χ1n) is 10.8. The third-order valence-electron chi connectivity index (χ3n) is 6.15. The molecule has 33 heavy (non-hydrogen) atoms. The van der Waals surface area contributed by atoms with Gasteiger partial charge in [0.2, 0.25) is 0 Å². The maximum Gasteiger partial charge on any atom is 0.522 e. The summed E-state index contributed by atoms with van der Waals surface area (Å²) in [4.78, 5) is 20.2. The van der Waals surface area contributed by atoms with Crippen molar-refractivity contribution in [2.24, 2.45) is 7.05 Å². The summed E-state index contributed by atoms with van der Waals surface area (Å²) in [6.45, 7) is 0.722. The van der Waals surface area contributed by atoms with E-state index in [9.17, 15) is 18.0 Å². The van der Waals surface area contributed by atoms with Gasteiger partial charge in [0.1, 0.15) is 11.3 Å². The molecule has 5 rings (SSSR count). The third-order valence-corrected chi connectivity index (χ3v) is 6.15. The molecular weight excluding hydrogens is 437 g/mol. The number of aryl methyl sites for hydroxylation is 1. The summed E-state index contributed by atoms with van der Waals surface area (Å²) in [5.74, 6) is 0.859. The number of aromatic amines is 1. The zero-order chi connectivity index (χ0) is 23.2. The summed E-state index contributed by atoms with van der Waals surface area (Å²) in [6, 6.07) is 7.56. The van der Waals surface area contributed by atoms with Gasteiger partial charge < -0.3 is 18.9 Å². The highest BCUT2D eigenvalue weighted by Crippen LogP contribution is 2.33. The van der Waals surface area contributed by atoms with E-state index in [0.717, 1.165) is 40.7 Å². The van der Waals surface area contributed by atoms with E-state index >= 15 is 0 Å². The lowest BCUT2D eigenvalue weighted by Crippen LogP contribution is -2.21. The first kappa shape index (κ1) is 21.7. The second-order valence-corrected chi connectivity index (χ2v) is 8.23. The van der Waals surface area contributed by atoms with Crippen molar-refractivity contribution in [3.63, 3.8) is 0 Å². The third kappa shape index (κ3) is 4.16. The van der Waals surface area contributed by atoms with Crippen molar-refractivity contribution in [2.75, 3.05) is 19.8 Å². The van der Waals surface area contributed by atoms with Crippen molar-refractivity contribution >= 4 is 21.9 Å².